The number of alkyl halides is 3. The number of piperidine rings is 1. The minimum atomic E-state index is -5.08. The molecule has 10 heteroatoms. The molecule has 1 aromatic rings. The standard InChI is InChI=1S/C19H29N3O2.C2HF3O2/c1-15(2)21-10-11-24-18-14-22(9-8-17(18)13-21)19(23)20-12-16-6-4-3-5-7-16;3-2(4,5)1(6)7/h3-7,15,17-18H,8-14H2,1-2H3,(H,20,23);(H,6,7)/t17-,18-;/m1./s1. The second-order valence-corrected chi connectivity index (χ2v) is 7.94. The van der Waals surface area contributed by atoms with Crippen LogP contribution in [0.25, 0.3) is 0 Å². The van der Waals surface area contributed by atoms with E-state index in [1.807, 2.05) is 35.2 Å². The van der Waals surface area contributed by atoms with Crippen molar-refractivity contribution < 1.29 is 32.6 Å². The van der Waals surface area contributed by atoms with Crippen LogP contribution in [0.5, 0.6) is 0 Å². The fourth-order valence-corrected chi connectivity index (χ4v) is 3.62. The number of carboxylic acids is 1. The maximum absolute atomic E-state index is 12.5. The Morgan fingerprint density at radius 2 is 1.84 bits per heavy atom. The molecule has 2 aliphatic rings. The number of amides is 2. The van der Waals surface area contributed by atoms with Crippen LogP contribution in [0.4, 0.5) is 18.0 Å². The van der Waals surface area contributed by atoms with Gasteiger partial charge in [0.05, 0.1) is 12.7 Å². The predicted molar refractivity (Wildman–Crippen MR) is 108 cm³/mol. The van der Waals surface area contributed by atoms with E-state index in [1.54, 1.807) is 0 Å². The summed E-state index contributed by atoms with van der Waals surface area (Å²) in [4.78, 5) is 25.8. The summed E-state index contributed by atoms with van der Waals surface area (Å²) in [6.45, 7) is 9.42. The number of carbonyl (C=O) groups excluding carboxylic acids is 1. The van der Waals surface area contributed by atoms with Crippen LogP contribution in [0.15, 0.2) is 30.3 Å². The number of fused-ring (bicyclic) bond motifs is 1. The van der Waals surface area contributed by atoms with Gasteiger partial charge in [0.1, 0.15) is 0 Å². The molecule has 2 aliphatic heterocycles. The topological polar surface area (TPSA) is 82.1 Å². The molecule has 0 radical (unpaired) electrons. The highest BCUT2D eigenvalue weighted by molar-refractivity contribution is 5.74. The molecular formula is C21H30F3N3O4. The highest BCUT2D eigenvalue weighted by Crippen LogP contribution is 2.25. The van der Waals surface area contributed by atoms with E-state index in [9.17, 15) is 18.0 Å². The number of nitrogens with one attached hydrogen (secondary N) is 1. The Labute approximate surface area is 180 Å². The Morgan fingerprint density at radius 3 is 2.42 bits per heavy atom. The van der Waals surface area contributed by atoms with Crippen LogP contribution in [0.3, 0.4) is 0 Å². The Morgan fingerprint density at radius 1 is 1.19 bits per heavy atom. The smallest absolute Gasteiger partial charge is 0.475 e. The zero-order valence-electron chi connectivity index (χ0n) is 17.8. The Balaban J connectivity index is 0.000000423. The van der Waals surface area contributed by atoms with Crippen LogP contribution < -0.4 is 5.32 Å². The van der Waals surface area contributed by atoms with E-state index in [0.29, 0.717) is 25.0 Å². The van der Waals surface area contributed by atoms with E-state index in [4.69, 9.17) is 14.6 Å². The minimum Gasteiger partial charge on any atom is -0.475 e. The number of nitrogens with zero attached hydrogens (tertiary/aromatic N) is 2. The summed E-state index contributed by atoms with van der Waals surface area (Å²) in [5.74, 6) is -2.22. The van der Waals surface area contributed by atoms with Gasteiger partial charge in [-0.15, -0.1) is 0 Å². The number of carbonyl (C=O) groups is 2. The molecule has 2 atom stereocenters. The Hall–Kier alpha value is -2.33. The number of likely N-dealkylation sites (tertiary alicyclic amines) is 1. The number of aliphatic carboxylic acids is 1. The van der Waals surface area contributed by atoms with Crippen LogP contribution >= 0.6 is 0 Å². The summed E-state index contributed by atoms with van der Waals surface area (Å²) >= 11 is 0. The van der Waals surface area contributed by atoms with Gasteiger partial charge in [-0.25, -0.2) is 9.59 Å². The lowest BCUT2D eigenvalue weighted by atomic mass is 9.93. The van der Waals surface area contributed by atoms with Crippen molar-refractivity contribution >= 4 is 12.0 Å². The first-order chi connectivity index (χ1) is 14.6. The molecule has 1 aromatic carbocycles. The van der Waals surface area contributed by atoms with Gasteiger partial charge in [-0.3, -0.25) is 4.90 Å². The zero-order valence-corrected chi connectivity index (χ0v) is 17.8. The van der Waals surface area contributed by atoms with Gasteiger partial charge in [-0.2, -0.15) is 13.2 Å². The second kappa shape index (κ2) is 11.3. The first kappa shape index (κ1) is 24.9. The van der Waals surface area contributed by atoms with Gasteiger partial charge in [0, 0.05) is 44.7 Å². The van der Waals surface area contributed by atoms with Crippen LogP contribution in [0.2, 0.25) is 0 Å². The largest absolute Gasteiger partial charge is 0.490 e. The molecule has 2 saturated heterocycles. The van der Waals surface area contributed by atoms with Crippen molar-refractivity contribution in [1.29, 1.82) is 0 Å². The highest BCUT2D eigenvalue weighted by Gasteiger charge is 2.38. The average Bonchev–Trinajstić information content (AvgIpc) is 2.94. The second-order valence-electron chi connectivity index (χ2n) is 7.94. The fraction of sp³-hybridized carbons (Fsp3) is 0.619. The summed E-state index contributed by atoms with van der Waals surface area (Å²) in [5, 5.41) is 10.2. The van der Waals surface area contributed by atoms with Crippen molar-refractivity contribution in [3.05, 3.63) is 35.9 Å². The molecule has 0 saturated carbocycles. The third-order valence-electron chi connectivity index (χ3n) is 5.42. The van der Waals surface area contributed by atoms with Gasteiger partial charge in [-0.1, -0.05) is 30.3 Å². The van der Waals surface area contributed by atoms with Gasteiger partial charge in [0.15, 0.2) is 0 Å². The van der Waals surface area contributed by atoms with E-state index >= 15 is 0 Å². The molecule has 0 bridgehead atoms. The van der Waals surface area contributed by atoms with E-state index in [1.165, 1.54) is 0 Å². The molecule has 2 N–H and O–H groups in total. The van der Waals surface area contributed by atoms with E-state index in [-0.39, 0.29) is 12.1 Å². The Bertz CT molecular complexity index is 716. The summed E-state index contributed by atoms with van der Waals surface area (Å²) in [5.41, 5.74) is 1.12. The molecule has 0 unspecified atom stereocenters. The van der Waals surface area contributed by atoms with Gasteiger partial charge in [-0.05, 0) is 25.8 Å². The summed E-state index contributed by atoms with van der Waals surface area (Å²) in [6.07, 6.45) is -3.89. The quantitative estimate of drug-likeness (QED) is 0.748. The molecular weight excluding hydrogens is 415 g/mol. The molecule has 0 spiro atoms. The molecule has 3 rings (SSSR count). The molecule has 0 aliphatic carbocycles. The van der Waals surface area contributed by atoms with Crippen LogP contribution in [0, 0.1) is 5.92 Å². The summed E-state index contributed by atoms with van der Waals surface area (Å²) in [7, 11) is 0. The van der Waals surface area contributed by atoms with Crippen molar-refractivity contribution in [1.82, 2.24) is 15.1 Å². The monoisotopic (exact) mass is 445 g/mol. The van der Waals surface area contributed by atoms with Crippen LogP contribution in [-0.4, -0.2) is 78.0 Å². The normalized spacial score (nSPS) is 22.1. The number of rotatable bonds is 3. The number of benzene rings is 1. The van der Waals surface area contributed by atoms with Gasteiger partial charge < -0.3 is 20.1 Å². The molecule has 2 amide bonds. The molecule has 174 valence electrons. The average molecular weight is 445 g/mol. The van der Waals surface area contributed by atoms with Gasteiger partial charge in [0.25, 0.3) is 0 Å². The zero-order chi connectivity index (χ0) is 23.0. The maximum Gasteiger partial charge on any atom is 0.490 e. The lowest BCUT2D eigenvalue weighted by Crippen LogP contribution is -2.52. The van der Waals surface area contributed by atoms with Crippen molar-refractivity contribution in [3.63, 3.8) is 0 Å². The van der Waals surface area contributed by atoms with Crippen molar-refractivity contribution in [2.75, 3.05) is 32.8 Å². The minimum absolute atomic E-state index is 0.0193. The van der Waals surface area contributed by atoms with E-state index in [0.717, 1.165) is 38.2 Å². The van der Waals surface area contributed by atoms with Gasteiger partial charge in [0.2, 0.25) is 0 Å². The molecule has 2 fully saturated rings. The van der Waals surface area contributed by atoms with E-state index < -0.39 is 12.1 Å². The lowest BCUT2D eigenvalue weighted by Gasteiger charge is -2.38. The van der Waals surface area contributed by atoms with Crippen LogP contribution in [-0.2, 0) is 16.1 Å². The van der Waals surface area contributed by atoms with Crippen molar-refractivity contribution in [3.8, 4) is 0 Å². The first-order valence-electron chi connectivity index (χ1n) is 10.3. The number of hydrogen-bond acceptors (Lipinski definition) is 4. The van der Waals surface area contributed by atoms with Gasteiger partial charge >= 0.3 is 18.2 Å². The summed E-state index contributed by atoms with van der Waals surface area (Å²) in [6, 6.07) is 10.6. The number of halogens is 3. The van der Waals surface area contributed by atoms with Crippen LogP contribution in [0.1, 0.15) is 25.8 Å². The molecule has 31 heavy (non-hydrogen) atoms. The Kier molecular flexibility index (Phi) is 9.12. The fourth-order valence-electron chi connectivity index (χ4n) is 3.62. The van der Waals surface area contributed by atoms with Crippen molar-refractivity contribution in [2.45, 2.75) is 45.1 Å². The molecule has 2 heterocycles. The van der Waals surface area contributed by atoms with Crippen molar-refractivity contribution in [2.24, 2.45) is 5.92 Å². The lowest BCUT2D eigenvalue weighted by molar-refractivity contribution is -0.192. The predicted octanol–water partition coefficient (Wildman–Crippen LogP) is 2.96. The number of hydrogen-bond donors (Lipinski definition) is 2. The maximum atomic E-state index is 12.5. The number of carboxylic acid groups (broad SMARTS) is 1. The third kappa shape index (κ3) is 8.02. The highest BCUT2D eigenvalue weighted by atomic mass is 19.4. The van der Waals surface area contributed by atoms with E-state index in [2.05, 4.69) is 24.1 Å². The SMILES string of the molecule is CC(C)N1CCO[C@@H]2CN(C(=O)NCc3ccccc3)CC[C@@H]2C1.O=C(O)C(F)(F)F. The number of urea groups is 1. The molecule has 7 nitrogen and oxygen atoms in total. The first-order valence-corrected chi connectivity index (χ1v) is 10.3. The third-order valence-corrected chi connectivity index (χ3v) is 5.42. The number of ether oxygens (including phenoxy) is 1. The summed E-state index contributed by atoms with van der Waals surface area (Å²) < 4.78 is 37.8. The molecule has 0 aromatic heterocycles.